The molecular weight excluding hydrogens is 336 g/mol. The first kappa shape index (κ1) is 18.8. The zero-order valence-corrected chi connectivity index (χ0v) is 16.2. The fraction of sp³-hybridized carbons (Fsp3) is 0.684. The van der Waals surface area contributed by atoms with Crippen LogP contribution >= 0.6 is 0 Å². The van der Waals surface area contributed by atoms with Gasteiger partial charge in [0.05, 0.1) is 18.1 Å². The van der Waals surface area contributed by atoms with Crippen LogP contribution in [0.4, 0.5) is 0 Å². The van der Waals surface area contributed by atoms with E-state index < -0.39 is 10.0 Å². The van der Waals surface area contributed by atoms with Crippen molar-refractivity contribution >= 4 is 10.0 Å². The second kappa shape index (κ2) is 7.74. The first-order chi connectivity index (χ1) is 12.0. The average molecular weight is 367 g/mol. The van der Waals surface area contributed by atoms with Crippen LogP contribution in [0.2, 0.25) is 0 Å². The normalized spacial score (nSPS) is 26.6. The van der Waals surface area contributed by atoms with Crippen molar-refractivity contribution in [2.45, 2.75) is 56.5 Å². The Hall–Kier alpha value is -0.950. The quantitative estimate of drug-likeness (QED) is 0.804. The maximum absolute atomic E-state index is 12.7. The van der Waals surface area contributed by atoms with Gasteiger partial charge in [0.15, 0.2) is 0 Å². The minimum absolute atomic E-state index is 0.261. The van der Waals surface area contributed by atoms with Crippen LogP contribution in [-0.4, -0.2) is 56.0 Å². The lowest BCUT2D eigenvalue weighted by Crippen LogP contribution is -2.48. The summed E-state index contributed by atoms with van der Waals surface area (Å²) in [5.74, 6) is 0. The molecular formula is C19H30N2O3S. The van der Waals surface area contributed by atoms with Crippen molar-refractivity contribution < 1.29 is 13.2 Å². The maximum Gasteiger partial charge on any atom is 0.243 e. The van der Waals surface area contributed by atoms with Gasteiger partial charge in [-0.25, -0.2) is 8.42 Å². The van der Waals surface area contributed by atoms with E-state index in [0.29, 0.717) is 31.2 Å². The van der Waals surface area contributed by atoms with Gasteiger partial charge in [-0.15, -0.1) is 0 Å². The molecule has 2 fully saturated rings. The molecule has 0 aromatic heterocycles. The summed E-state index contributed by atoms with van der Waals surface area (Å²) in [5.41, 5.74) is 1.44. The number of rotatable bonds is 5. The predicted octanol–water partition coefficient (Wildman–Crippen LogP) is 2.86. The molecule has 0 saturated carbocycles. The van der Waals surface area contributed by atoms with Gasteiger partial charge in [0.1, 0.15) is 0 Å². The van der Waals surface area contributed by atoms with Crippen LogP contribution in [0.15, 0.2) is 29.2 Å². The van der Waals surface area contributed by atoms with E-state index >= 15 is 0 Å². The van der Waals surface area contributed by atoms with Gasteiger partial charge in [0.25, 0.3) is 0 Å². The number of hydrogen-bond acceptors (Lipinski definition) is 4. The highest BCUT2D eigenvalue weighted by atomic mass is 32.2. The summed E-state index contributed by atoms with van der Waals surface area (Å²) in [4.78, 5) is 2.94. The second-order valence-electron chi connectivity index (χ2n) is 7.39. The lowest BCUT2D eigenvalue weighted by molar-refractivity contribution is 0.0503. The summed E-state index contributed by atoms with van der Waals surface area (Å²) >= 11 is 0. The number of morpholine rings is 1. The standard InChI is InChI=1S/C19H30N2O3S/c1-3-19(2)10-4-5-11-20(19)16-17-6-8-18(9-7-17)25(22,23)21-12-14-24-15-13-21/h6-9H,3-5,10-16H2,1-2H3. The van der Waals surface area contributed by atoms with E-state index in [0.717, 1.165) is 19.5 Å². The van der Waals surface area contributed by atoms with E-state index in [-0.39, 0.29) is 5.54 Å². The number of piperidine rings is 1. The summed E-state index contributed by atoms with van der Waals surface area (Å²) in [7, 11) is -3.40. The van der Waals surface area contributed by atoms with E-state index in [9.17, 15) is 8.42 Å². The molecule has 1 aromatic rings. The van der Waals surface area contributed by atoms with E-state index in [2.05, 4.69) is 18.7 Å². The predicted molar refractivity (Wildman–Crippen MR) is 99.0 cm³/mol. The number of hydrogen-bond donors (Lipinski definition) is 0. The van der Waals surface area contributed by atoms with Crippen molar-refractivity contribution in [2.75, 3.05) is 32.8 Å². The average Bonchev–Trinajstić information content (AvgIpc) is 2.65. The molecule has 140 valence electrons. The van der Waals surface area contributed by atoms with Crippen molar-refractivity contribution in [3.63, 3.8) is 0 Å². The molecule has 0 aliphatic carbocycles. The molecule has 2 heterocycles. The molecule has 3 rings (SSSR count). The molecule has 1 unspecified atom stereocenters. The molecule has 0 radical (unpaired) electrons. The minimum atomic E-state index is -3.40. The lowest BCUT2D eigenvalue weighted by Gasteiger charge is -2.44. The second-order valence-corrected chi connectivity index (χ2v) is 9.33. The third kappa shape index (κ3) is 4.08. The maximum atomic E-state index is 12.7. The van der Waals surface area contributed by atoms with Gasteiger partial charge in [-0.3, -0.25) is 4.90 Å². The van der Waals surface area contributed by atoms with E-state index in [1.807, 2.05) is 12.1 Å². The van der Waals surface area contributed by atoms with Crippen LogP contribution in [0.3, 0.4) is 0 Å². The number of benzene rings is 1. The largest absolute Gasteiger partial charge is 0.379 e. The summed E-state index contributed by atoms with van der Waals surface area (Å²) < 4.78 is 32.2. The van der Waals surface area contributed by atoms with Gasteiger partial charge in [-0.1, -0.05) is 25.5 Å². The zero-order chi connectivity index (χ0) is 17.9. The molecule has 2 aliphatic heterocycles. The third-order valence-electron chi connectivity index (χ3n) is 5.82. The summed E-state index contributed by atoms with van der Waals surface area (Å²) in [6, 6.07) is 7.46. The molecule has 1 aromatic carbocycles. The summed E-state index contributed by atoms with van der Waals surface area (Å²) in [6.07, 6.45) is 4.94. The van der Waals surface area contributed by atoms with Gasteiger partial charge < -0.3 is 4.74 Å². The Labute approximate surface area is 152 Å². The molecule has 0 amide bonds. The Bertz CT molecular complexity index is 668. The fourth-order valence-corrected chi connectivity index (χ4v) is 5.24. The first-order valence-corrected chi connectivity index (χ1v) is 10.8. The highest BCUT2D eigenvalue weighted by Gasteiger charge is 2.32. The Balaban J connectivity index is 1.71. The smallest absolute Gasteiger partial charge is 0.243 e. The molecule has 2 aliphatic rings. The molecule has 0 bridgehead atoms. The van der Waals surface area contributed by atoms with E-state index in [1.54, 1.807) is 12.1 Å². The Morgan fingerprint density at radius 3 is 2.40 bits per heavy atom. The molecule has 0 spiro atoms. The van der Waals surface area contributed by atoms with Gasteiger partial charge >= 0.3 is 0 Å². The molecule has 5 nitrogen and oxygen atoms in total. The summed E-state index contributed by atoms with van der Waals surface area (Å²) in [6.45, 7) is 8.45. The molecule has 0 N–H and O–H groups in total. The van der Waals surface area contributed by atoms with Crippen LogP contribution in [0.5, 0.6) is 0 Å². The highest BCUT2D eigenvalue weighted by molar-refractivity contribution is 7.89. The van der Waals surface area contributed by atoms with Crippen molar-refractivity contribution in [3.05, 3.63) is 29.8 Å². The topological polar surface area (TPSA) is 49.9 Å². The zero-order valence-electron chi connectivity index (χ0n) is 15.4. The Kier molecular flexibility index (Phi) is 5.83. The molecule has 2 saturated heterocycles. The van der Waals surface area contributed by atoms with Crippen LogP contribution in [0, 0.1) is 0 Å². The van der Waals surface area contributed by atoms with Crippen LogP contribution < -0.4 is 0 Å². The molecule has 6 heteroatoms. The number of nitrogens with zero attached hydrogens (tertiary/aromatic N) is 2. The van der Waals surface area contributed by atoms with Crippen molar-refractivity contribution in [3.8, 4) is 0 Å². The van der Waals surface area contributed by atoms with Crippen LogP contribution in [0.25, 0.3) is 0 Å². The third-order valence-corrected chi connectivity index (χ3v) is 7.74. The van der Waals surface area contributed by atoms with Crippen molar-refractivity contribution in [1.82, 2.24) is 9.21 Å². The highest BCUT2D eigenvalue weighted by Crippen LogP contribution is 2.32. The van der Waals surface area contributed by atoms with Crippen LogP contribution in [-0.2, 0) is 21.3 Å². The first-order valence-electron chi connectivity index (χ1n) is 9.38. The number of sulfonamides is 1. The Morgan fingerprint density at radius 1 is 1.08 bits per heavy atom. The molecule has 25 heavy (non-hydrogen) atoms. The minimum Gasteiger partial charge on any atom is -0.379 e. The monoisotopic (exact) mass is 366 g/mol. The van der Waals surface area contributed by atoms with Crippen molar-refractivity contribution in [1.29, 1.82) is 0 Å². The number of likely N-dealkylation sites (tertiary alicyclic amines) is 1. The fourth-order valence-electron chi connectivity index (χ4n) is 3.83. The van der Waals surface area contributed by atoms with Crippen LogP contribution in [0.1, 0.15) is 45.1 Å². The van der Waals surface area contributed by atoms with Gasteiger partial charge in [-0.2, -0.15) is 4.31 Å². The number of ether oxygens (including phenoxy) is 1. The SMILES string of the molecule is CCC1(C)CCCCN1Cc1ccc(S(=O)(=O)N2CCOCC2)cc1. The van der Waals surface area contributed by atoms with E-state index in [4.69, 9.17) is 4.74 Å². The van der Waals surface area contributed by atoms with Gasteiger partial charge in [-0.05, 0) is 50.4 Å². The lowest BCUT2D eigenvalue weighted by atomic mass is 9.86. The molecule has 1 atom stereocenters. The van der Waals surface area contributed by atoms with E-state index in [1.165, 1.54) is 29.1 Å². The summed E-state index contributed by atoms with van der Waals surface area (Å²) in [5, 5.41) is 0. The van der Waals surface area contributed by atoms with Crippen molar-refractivity contribution in [2.24, 2.45) is 0 Å². The Morgan fingerprint density at radius 2 is 1.76 bits per heavy atom. The van der Waals surface area contributed by atoms with Gasteiger partial charge in [0.2, 0.25) is 10.0 Å². The van der Waals surface area contributed by atoms with Gasteiger partial charge in [0, 0.05) is 25.2 Å².